The van der Waals surface area contributed by atoms with Gasteiger partial charge in [-0.2, -0.15) is 0 Å². The molecule has 1 amide bonds. The highest BCUT2D eigenvalue weighted by Gasteiger charge is 2.35. The molecular weight excluding hydrogens is 379 g/mol. The van der Waals surface area contributed by atoms with Crippen LogP contribution in [-0.2, 0) is 4.79 Å². The van der Waals surface area contributed by atoms with Gasteiger partial charge in [-0.25, -0.2) is 4.39 Å². The number of hydrogen-bond acceptors (Lipinski definition) is 4. The summed E-state index contributed by atoms with van der Waals surface area (Å²) in [6.45, 7) is 3.45. The van der Waals surface area contributed by atoms with E-state index in [4.69, 9.17) is 28.3 Å². The molecule has 1 aliphatic rings. The van der Waals surface area contributed by atoms with Gasteiger partial charge in [0.1, 0.15) is 11.6 Å². The van der Waals surface area contributed by atoms with Gasteiger partial charge in [0.05, 0.1) is 11.6 Å². The number of benzene rings is 1. The molecule has 0 fully saturated rings. The molecular formula is C17H16ClFN4O2S. The zero-order valence-electron chi connectivity index (χ0n) is 14.3. The second-order valence-electron chi connectivity index (χ2n) is 5.85. The van der Waals surface area contributed by atoms with Gasteiger partial charge in [-0.3, -0.25) is 4.79 Å². The normalized spacial score (nSPS) is 17.3. The van der Waals surface area contributed by atoms with E-state index in [1.54, 1.807) is 37.9 Å². The van der Waals surface area contributed by atoms with Crippen LogP contribution < -0.4 is 10.6 Å². The lowest BCUT2D eigenvalue weighted by molar-refractivity contribution is -0.113. The van der Waals surface area contributed by atoms with E-state index in [1.165, 1.54) is 12.1 Å². The Morgan fingerprint density at radius 1 is 1.46 bits per heavy atom. The number of aryl methyl sites for hydroxylation is 1. The van der Waals surface area contributed by atoms with Crippen LogP contribution in [0.25, 0.3) is 0 Å². The Morgan fingerprint density at radius 3 is 2.81 bits per heavy atom. The maximum Gasteiger partial charge on any atom is 0.257 e. The fourth-order valence-electron chi connectivity index (χ4n) is 2.74. The van der Waals surface area contributed by atoms with Crippen molar-refractivity contribution < 1.29 is 13.7 Å². The van der Waals surface area contributed by atoms with E-state index >= 15 is 0 Å². The molecule has 1 atom stereocenters. The predicted octanol–water partition coefficient (Wildman–Crippen LogP) is 3.55. The Kier molecular flexibility index (Phi) is 4.97. The van der Waals surface area contributed by atoms with Crippen LogP contribution in [0.1, 0.15) is 24.3 Å². The first-order valence-corrected chi connectivity index (χ1v) is 8.51. The van der Waals surface area contributed by atoms with Gasteiger partial charge in [-0.15, -0.1) is 0 Å². The van der Waals surface area contributed by atoms with Crippen LogP contribution >= 0.6 is 23.8 Å². The average Bonchev–Trinajstić information content (AvgIpc) is 2.97. The van der Waals surface area contributed by atoms with Crippen LogP contribution in [0, 0.1) is 12.7 Å². The molecule has 1 aliphatic heterocycles. The number of amides is 1. The Morgan fingerprint density at radius 2 is 2.19 bits per heavy atom. The second-order valence-corrected chi connectivity index (χ2v) is 6.65. The van der Waals surface area contributed by atoms with Crippen molar-refractivity contribution in [2.75, 3.05) is 12.4 Å². The summed E-state index contributed by atoms with van der Waals surface area (Å²) in [7, 11) is 1.72. The van der Waals surface area contributed by atoms with Gasteiger partial charge >= 0.3 is 0 Å². The Bertz CT molecular complexity index is 907. The van der Waals surface area contributed by atoms with Crippen molar-refractivity contribution in [1.29, 1.82) is 0 Å². The van der Waals surface area contributed by atoms with Crippen LogP contribution in [0.4, 0.5) is 10.2 Å². The minimum atomic E-state index is -0.833. The van der Waals surface area contributed by atoms with Crippen molar-refractivity contribution in [2.24, 2.45) is 0 Å². The minimum absolute atomic E-state index is 0.158. The van der Waals surface area contributed by atoms with E-state index in [0.29, 0.717) is 16.6 Å². The van der Waals surface area contributed by atoms with E-state index in [1.807, 2.05) is 0 Å². The SMILES string of the molecule is CC1=C(C(=O)Nc2cc(C)on2)C(c2c(F)cccc2Cl)NC(=S)N1C. The van der Waals surface area contributed by atoms with Gasteiger partial charge < -0.3 is 20.1 Å². The third-order valence-corrected chi connectivity index (χ3v) is 4.88. The van der Waals surface area contributed by atoms with E-state index in [-0.39, 0.29) is 22.0 Å². The average molecular weight is 395 g/mol. The number of nitrogens with zero attached hydrogens (tertiary/aromatic N) is 2. The van der Waals surface area contributed by atoms with Crippen LogP contribution in [0.2, 0.25) is 5.02 Å². The van der Waals surface area contributed by atoms with Gasteiger partial charge in [-0.05, 0) is 38.2 Å². The van der Waals surface area contributed by atoms with Crippen molar-refractivity contribution >= 4 is 40.7 Å². The number of carbonyl (C=O) groups is 1. The third kappa shape index (κ3) is 3.30. The molecule has 0 spiro atoms. The lowest BCUT2D eigenvalue weighted by Crippen LogP contribution is -2.47. The Labute approximate surface area is 160 Å². The minimum Gasteiger partial charge on any atom is -0.360 e. The number of anilines is 1. The summed E-state index contributed by atoms with van der Waals surface area (Å²) in [6, 6.07) is 5.11. The summed E-state index contributed by atoms with van der Waals surface area (Å²) >= 11 is 11.5. The number of nitrogens with one attached hydrogen (secondary N) is 2. The van der Waals surface area contributed by atoms with Crippen molar-refractivity contribution in [3.8, 4) is 0 Å². The predicted molar refractivity (Wildman–Crippen MR) is 100 cm³/mol. The molecule has 6 nitrogen and oxygen atoms in total. The largest absolute Gasteiger partial charge is 0.360 e. The summed E-state index contributed by atoms with van der Waals surface area (Å²) in [6.07, 6.45) is 0. The molecule has 26 heavy (non-hydrogen) atoms. The molecule has 1 aromatic carbocycles. The maximum atomic E-state index is 14.5. The number of halogens is 2. The van der Waals surface area contributed by atoms with E-state index in [2.05, 4.69) is 15.8 Å². The Balaban J connectivity index is 2.07. The summed E-state index contributed by atoms with van der Waals surface area (Å²) in [4.78, 5) is 14.6. The molecule has 136 valence electrons. The molecule has 2 heterocycles. The summed E-state index contributed by atoms with van der Waals surface area (Å²) in [5.41, 5.74) is 1.02. The fraction of sp³-hybridized carbons (Fsp3) is 0.235. The zero-order chi connectivity index (χ0) is 19.0. The highest BCUT2D eigenvalue weighted by atomic mass is 35.5. The molecule has 0 radical (unpaired) electrons. The van der Waals surface area contributed by atoms with Crippen molar-refractivity contribution in [1.82, 2.24) is 15.4 Å². The highest BCUT2D eigenvalue weighted by molar-refractivity contribution is 7.80. The zero-order valence-corrected chi connectivity index (χ0v) is 15.8. The highest BCUT2D eigenvalue weighted by Crippen LogP contribution is 2.35. The van der Waals surface area contributed by atoms with E-state index in [0.717, 1.165) is 0 Å². The number of allylic oxidation sites excluding steroid dienone is 1. The number of hydrogen-bond donors (Lipinski definition) is 2. The fourth-order valence-corrected chi connectivity index (χ4v) is 3.27. The summed E-state index contributed by atoms with van der Waals surface area (Å²) in [5, 5.41) is 9.96. The van der Waals surface area contributed by atoms with Crippen molar-refractivity contribution in [3.63, 3.8) is 0 Å². The number of carbonyl (C=O) groups excluding carboxylic acids is 1. The van der Waals surface area contributed by atoms with Gasteiger partial charge in [-0.1, -0.05) is 22.8 Å². The lowest BCUT2D eigenvalue weighted by Gasteiger charge is -2.36. The molecule has 0 aliphatic carbocycles. The van der Waals surface area contributed by atoms with Crippen LogP contribution in [-0.4, -0.2) is 28.1 Å². The van der Waals surface area contributed by atoms with E-state index < -0.39 is 17.8 Å². The van der Waals surface area contributed by atoms with Gasteiger partial charge in [0.25, 0.3) is 5.91 Å². The van der Waals surface area contributed by atoms with Gasteiger partial charge in [0, 0.05) is 29.4 Å². The summed E-state index contributed by atoms with van der Waals surface area (Å²) in [5.74, 6) is -0.165. The molecule has 1 aromatic heterocycles. The first-order valence-electron chi connectivity index (χ1n) is 7.73. The number of aromatic nitrogens is 1. The standard InChI is InChI=1S/C17H16ClFN4O2S/c1-8-7-12(22-25-8)20-16(24)13-9(2)23(3)17(26)21-15(13)14-10(18)5-4-6-11(14)19/h4-7,15H,1-3H3,(H,21,26)(H,20,22,24). The monoisotopic (exact) mass is 394 g/mol. The van der Waals surface area contributed by atoms with Crippen LogP contribution in [0.15, 0.2) is 40.1 Å². The maximum absolute atomic E-state index is 14.5. The molecule has 2 N–H and O–H groups in total. The second kappa shape index (κ2) is 7.05. The smallest absolute Gasteiger partial charge is 0.257 e. The summed E-state index contributed by atoms with van der Waals surface area (Å²) < 4.78 is 19.4. The Hall–Kier alpha value is -2.45. The van der Waals surface area contributed by atoms with Crippen molar-refractivity contribution in [3.05, 3.63) is 57.7 Å². The molecule has 2 aromatic rings. The first kappa shape index (κ1) is 18.3. The molecule has 1 unspecified atom stereocenters. The van der Waals surface area contributed by atoms with Crippen molar-refractivity contribution in [2.45, 2.75) is 19.9 Å². The van der Waals surface area contributed by atoms with Gasteiger partial charge in [0.2, 0.25) is 0 Å². The quantitative estimate of drug-likeness (QED) is 0.776. The number of rotatable bonds is 3. The third-order valence-electron chi connectivity index (χ3n) is 4.16. The topological polar surface area (TPSA) is 70.4 Å². The van der Waals surface area contributed by atoms with Gasteiger partial charge in [0.15, 0.2) is 10.9 Å². The first-order chi connectivity index (χ1) is 12.3. The molecule has 9 heteroatoms. The van der Waals surface area contributed by atoms with Crippen LogP contribution in [0.5, 0.6) is 0 Å². The molecule has 0 saturated heterocycles. The lowest BCUT2D eigenvalue weighted by atomic mass is 9.94. The molecule has 0 saturated carbocycles. The molecule has 0 bridgehead atoms. The van der Waals surface area contributed by atoms with E-state index in [9.17, 15) is 9.18 Å². The molecule has 3 rings (SSSR count). The number of thiocarbonyl (C=S) groups is 1. The van der Waals surface area contributed by atoms with Crippen LogP contribution in [0.3, 0.4) is 0 Å².